The van der Waals surface area contributed by atoms with E-state index in [1.807, 2.05) is 16.7 Å². The molecule has 0 spiro atoms. The summed E-state index contributed by atoms with van der Waals surface area (Å²) in [4.78, 5) is 15.9. The number of amides is 1. The minimum atomic E-state index is -0.0240. The smallest absolute Gasteiger partial charge is 0.252 e. The number of carbonyl (C=O) groups is 1. The summed E-state index contributed by atoms with van der Waals surface area (Å²) in [5.41, 5.74) is 1.52. The minimum Gasteiger partial charge on any atom is -0.352 e. The molecule has 0 atom stereocenters. The van der Waals surface area contributed by atoms with E-state index in [1.165, 1.54) is 0 Å². The van der Waals surface area contributed by atoms with E-state index in [4.69, 9.17) is 0 Å². The summed E-state index contributed by atoms with van der Waals surface area (Å²) >= 11 is 0. The number of pyridine rings is 1. The zero-order valence-electron chi connectivity index (χ0n) is 9.31. The second-order valence-electron chi connectivity index (χ2n) is 3.72. The zero-order valence-corrected chi connectivity index (χ0v) is 9.31. The van der Waals surface area contributed by atoms with E-state index in [0.29, 0.717) is 5.56 Å². The second-order valence-corrected chi connectivity index (χ2v) is 3.72. The lowest BCUT2D eigenvalue weighted by atomic mass is 10.2. The summed E-state index contributed by atoms with van der Waals surface area (Å²) in [7, 11) is 0. The van der Waals surface area contributed by atoms with Crippen LogP contribution in [0.2, 0.25) is 0 Å². The molecule has 2 aromatic rings. The van der Waals surface area contributed by atoms with Gasteiger partial charge in [-0.15, -0.1) is 0 Å². The molecule has 84 valence electrons. The topological polar surface area (TPSA) is 46.4 Å². The van der Waals surface area contributed by atoms with Crippen molar-refractivity contribution in [3.05, 3.63) is 36.3 Å². The average Bonchev–Trinajstić information content (AvgIpc) is 2.76. The molecule has 0 aromatic carbocycles. The highest BCUT2D eigenvalue weighted by molar-refractivity contribution is 5.94. The molecule has 1 N–H and O–H groups in total. The van der Waals surface area contributed by atoms with Crippen molar-refractivity contribution in [3.63, 3.8) is 0 Å². The van der Waals surface area contributed by atoms with Crippen LogP contribution in [0.15, 0.2) is 30.7 Å². The van der Waals surface area contributed by atoms with Gasteiger partial charge in [-0.05, 0) is 18.6 Å². The standard InChI is InChI=1S/C12H15N3O/c1-2-3-6-14-12(16)10-4-5-11-13-7-8-15(11)9-10/h4-5,7-9H,2-3,6H2,1H3,(H,14,16). The summed E-state index contributed by atoms with van der Waals surface area (Å²) < 4.78 is 1.84. The van der Waals surface area contributed by atoms with Gasteiger partial charge in [-0.2, -0.15) is 0 Å². The number of hydrogen-bond donors (Lipinski definition) is 1. The van der Waals surface area contributed by atoms with Gasteiger partial charge in [0.05, 0.1) is 5.56 Å². The van der Waals surface area contributed by atoms with Gasteiger partial charge in [-0.3, -0.25) is 4.79 Å². The highest BCUT2D eigenvalue weighted by Crippen LogP contribution is 2.04. The number of aromatic nitrogens is 2. The molecule has 2 rings (SSSR count). The maximum Gasteiger partial charge on any atom is 0.252 e. The van der Waals surface area contributed by atoms with Crippen LogP contribution in [0.25, 0.3) is 5.65 Å². The maximum atomic E-state index is 11.7. The fourth-order valence-corrected chi connectivity index (χ4v) is 1.54. The largest absolute Gasteiger partial charge is 0.352 e. The zero-order chi connectivity index (χ0) is 11.4. The van der Waals surface area contributed by atoms with Crippen molar-refractivity contribution in [2.24, 2.45) is 0 Å². The Labute approximate surface area is 94.3 Å². The quantitative estimate of drug-likeness (QED) is 0.795. The van der Waals surface area contributed by atoms with E-state index in [-0.39, 0.29) is 5.91 Å². The van der Waals surface area contributed by atoms with Crippen molar-refractivity contribution in [1.29, 1.82) is 0 Å². The summed E-state index contributed by atoms with van der Waals surface area (Å²) in [6.45, 7) is 2.83. The van der Waals surface area contributed by atoms with Crippen molar-refractivity contribution >= 4 is 11.6 Å². The fraction of sp³-hybridized carbons (Fsp3) is 0.333. The molecule has 0 aliphatic heterocycles. The third kappa shape index (κ3) is 2.21. The Kier molecular flexibility index (Phi) is 3.19. The van der Waals surface area contributed by atoms with Gasteiger partial charge >= 0.3 is 0 Å². The first-order valence-electron chi connectivity index (χ1n) is 5.52. The first kappa shape index (κ1) is 10.7. The Hall–Kier alpha value is -1.84. The predicted molar refractivity (Wildman–Crippen MR) is 62.4 cm³/mol. The summed E-state index contributed by atoms with van der Waals surface area (Å²) in [6, 6.07) is 3.64. The maximum absolute atomic E-state index is 11.7. The van der Waals surface area contributed by atoms with Crippen molar-refractivity contribution < 1.29 is 4.79 Å². The highest BCUT2D eigenvalue weighted by Gasteiger charge is 2.05. The van der Waals surface area contributed by atoms with Crippen molar-refractivity contribution in [2.75, 3.05) is 6.54 Å². The van der Waals surface area contributed by atoms with Crippen molar-refractivity contribution in [3.8, 4) is 0 Å². The second kappa shape index (κ2) is 4.79. The fourth-order valence-electron chi connectivity index (χ4n) is 1.54. The minimum absolute atomic E-state index is 0.0240. The molecule has 0 bridgehead atoms. The number of imidazole rings is 1. The number of fused-ring (bicyclic) bond motifs is 1. The Morgan fingerprint density at radius 3 is 3.19 bits per heavy atom. The summed E-state index contributed by atoms with van der Waals surface area (Å²) in [6.07, 6.45) is 7.44. The molecule has 0 radical (unpaired) electrons. The van der Waals surface area contributed by atoms with Crippen LogP contribution >= 0.6 is 0 Å². The van der Waals surface area contributed by atoms with Crippen molar-refractivity contribution in [1.82, 2.24) is 14.7 Å². The van der Waals surface area contributed by atoms with E-state index in [1.54, 1.807) is 18.5 Å². The number of hydrogen-bond acceptors (Lipinski definition) is 2. The molecule has 0 fully saturated rings. The lowest BCUT2D eigenvalue weighted by Gasteiger charge is -2.04. The van der Waals surface area contributed by atoms with Gasteiger partial charge < -0.3 is 9.72 Å². The number of unbranched alkanes of at least 4 members (excludes halogenated alkanes) is 1. The molecule has 1 amide bonds. The van der Waals surface area contributed by atoms with Gasteiger partial charge in [0.2, 0.25) is 0 Å². The number of nitrogens with zero attached hydrogens (tertiary/aromatic N) is 2. The van der Waals surface area contributed by atoms with E-state index < -0.39 is 0 Å². The van der Waals surface area contributed by atoms with Crippen LogP contribution in [0.3, 0.4) is 0 Å². The molecule has 0 aliphatic rings. The van der Waals surface area contributed by atoms with E-state index in [0.717, 1.165) is 25.0 Å². The van der Waals surface area contributed by atoms with Crippen molar-refractivity contribution in [2.45, 2.75) is 19.8 Å². The van der Waals surface area contributed by atoms with Gasteiger partial charge in [-0.25, -0.2) is 4.98 Å². The monoisotopic (exact) mass is 217 g/mol. The molecule has 2 heterocycles. The first-order chi connectivity index (χ1) is 7.81. The third-order valence-corrected chi connectivity index (χ3v) is 2.47. The molecule has 16 heavy (non-hydrogen) atoms. The molecule has 4 heteroatoms. The van der Waals surface area contributed by atoms with Crippen LogP contribution in [0.4, 0.5) is 0 Å². The molecule has 0 unspecified atom stereocenters. The van der Waals surface area contributed by atoms with E-state index >= 15 is 0 Å². The molecule has 0 saturated heterocycles. The normalized spacial score (nSPS) is 10.6. The van der Waals surface area contributed by atoms with Gasteiger partial charge in [0, 0.05) is 25.1 Å². The SMILES string of the molecule is CCCCNC(=O)c1ccc2nccn2c1. The van der Waals surface area contributed by atoms with E-state index in [2.05, 4.69) is 17.2 Å². The first-order valence-corrected chi connectivity index (χ1v) is 5.52. The van der Waals surface area contributed by atoms with Crippen LogP contribution in [-0.2, 0) is 0 Å². The summed E-state index contributed by atoms with van der Waals surface area (Å²) in [5, 5.41) is 2.88. The van der Waals surface area contributed by atoms with Gasteiger partial charge in [-0.1, -0.05) is 13.3 Å². The van der Waals surface area contributed by atoms with Crippen LogP contribution in [0.1, 0.15) is 30.1 Å². The Balaban J connectivity index is 2.10. The lowest BCUT2D eigenvalue weighted by Crippen LogP contribution is -2.24. The highest BCUT2D eigenvalue weighted by atomic mass is 16.1. The van der Waals surface area contributed by atoms with E-state index in [9.17, 15) is 4.79 Å². The molecule has 2 aromatic heterocycles. The van der Waals surface area contributed by atoms with Crippen LogP contribution in [0, 0.1) is 0 Å². The molecule has 4 nitrogen and oxygen atoms in total. The van der Waals surface area contributed by atoms with Crippen LogP contribution < -0.4 is 5.32 Å². The third-order valence-electron chi connectivity index (χ3n) is 2.47. The molecule has 0 saturated carbocycles. The Bertz CT molecular complexity index is 490. The Morgan fingerprint density at radius 1 is 1.50 bits per heavy atom. The number of carbonyl (C=O) groups excluding carboxylic acids is 1. The Morgan fingerprint density at radius 2 is 2.38 bits per heavy atom. The predicted octanol–water partition coefficient (Wildman–Crippen LogP) is 1.86. The molecular formula is C12H15N3O. The van der Waals surface area contributed by atoms with Gasteiger partial charge in [0.1, 0.15) is 5.65 Å². The number of nitrogens with one attached hydrogen (secondary N) is 1. The van der Waals surface area contributed by atoms with Crippen LogP contribution in [-0.4, -0.2) is 21.8 Å². The lowest BCUT2D eigenvalue weighted by molar-refractivity contribution is 0.0952. The van der Waals surface area contributed by atoms with Gasteiger partial charge in [0.25, 0.3) is 5.91 Å². The van der Waals surface area contributed by atoms with Gasteiger partial charge in [0.15, 0.2) is 0 Å². The molecule has 0 aliphatic carbocycles. The van der Waals surface area contributed by atoms with Crippen LogP contribution in [0.5, 0.6) is 0 Å². The molecular weight excluding hydrogens is 202 g/mol. The summed E-state index contributed by atoms with van der Waals surface area (Å²) in [5.74, 6) is -0.0240. The number of rotatable bonds is 4. The average molecular weight is 217 g/mol.